The SMILES string of the molecule is COc1cc(C(=O)O)cc(OC)c1OC.O=C1OCCCN2CCCN(CCCCCCOc3cc1cc(Cl)c3Cl)CC2. The van der Waals surface area contributed by atoms with Gasteiger partial charge in [0.1, 0.15) is 10.8 Å². The lowest BCUT2D eigenvalue weighted by Crippen LogP contribution is -2.32. The second-order valence-corrected chi connectivity index (χ2v) is 11.1. The van der Waals surface area contributed by atoms with Crippen molar-refractivity contribution >= 4 is 35.1 Å². The maximum Gasteiger partial charge on any atom is 0.338 e. The van der Waals surface area contributed by atoms with Crippen LogP contribution in [0.3, 0.4) is 0 Å². The lowest BCUT2D eigenvalue weighted by Gasteiger charge is -2.21. The van der Waals surface area contributed by atoms with Crippen molar-refractivity contribution < 1.29 is 38.4 Å². The van der Waals surface area contributed by atoms with Crippen LogP contribution in [0.4, 0.5) is 0 Å². The van der Waals surface area contributed by atoms with Crippen LogP contribution >= 0.6 is 23.2 Å². The maximum atomic E-state index is 12.4. The summed E-state index contributed by atoms with van der Waals surface area (Å²) in [7, 11) is 4.33. The molecule has 2 heterocycles. The van der Waals surface area contributed by atoms with Crippen LogP contribution < -0.4 is 18.9 Å². The Bertz CT molecular complexity index is 1190. The quantitative estimate of drug-likeness (QED) is 0.405. The summed E-state index contributed by atoms with van der Waals surface area (Å²) in [6, 6.07) is 5.94. The molecule has 0 aromatic heterocycles. The predicted octanol–water partition coefficient (Wildman–Crippen LogP) is 5.91. The van der Waals surface area contributed by atoms with Crippen LogP contribution in [0.15, 0.2) is 24.3 Å². The van der Waals surface area contributed by atoms with Crippen molar-refractivity contribution in [3.63, 3.8) is 0 Å². The number of methoxy groups -OCH3 is 3. The molecule has 2 atom stereocenters. The Kier molecular flexibility index (Phi) is 14.5. The third kappa shape index (κ3) is 10.6. The van der Waals surface area contributed by atoms with E-state index in [2.05, 4.69) is 9.80 Å². The van der Waals surface area contributed by atoms with Crippen molar-refractivity contribution in [2.45, 2.75) is 38.5 Å². The first kappa shape index (κ1) is 34.6. The number of cyclic esters (lactones) is 1. The van der Waals surface area contributed by atoms with Gasteiger partial charge in [0.15, 0.2) is 11.5 Å². The first-order chi connectivity index (χ1) is 20.8. The number of hydrogen-bond acceptors (Lipinski definition) is 9. The Hall–Kier alpha value is -2.92. The number of rotatable bonds is 4. The molecule has 0 saturated carbocycles. The summed E-state index contributed by atoms with van der Waals surface area (Å²) in [6.07, 6.45) is 6.54. The minimum atomic E-state index is -1.05. The summed E-state index contributed by atoms with van der Waals surface area (Å²) in [5.74, 6) is 0.0527. The lowest BCUT2D eigenvalue weighted by molar-refractivity contribution is 0.0487. The van der Waals surface area contributed by atoms with E-state index in [1.165, 1.54) is 65.8 Å². The summed E-state index contributed by atoms with van der Waals surface area (Å²) in [5, 5.41) is 9.49. The van der Waals surface area contributed by atoms with E-state index in [0.717, 1.165) is 45.4 Å². The van der Waals surface area contributed by atoms with Gasteiger partial charge in [0.25, 0.3) is 0 Å². The normalized spacial score (nSPS) is 20.0. The Morgan fingerprint density at radius 2 is 1.33 bits per heavy atom. The minimum Gasteiger partial charge on any atom is -0.493 e. The molecule has 43 heavy (non-hydrogen) atoms. The number of esters is 1. The predicted molar refractivity (Wildman–Crippen MR) is 166 cm³/mol. The fraction of sp³-hybridized carbons (Fsp3) is 0.548. The molecule has 0 amide bonds. The number of halogens is 2. The standard InChI is InChI=1S/C21H30Cl2N2O3.C10H12O5/c22-18-15-17-16-19(20(18)23)27-13-4-2-1-3-7-24-8-5-9-25(12-11-24)10-6-14-28-21(17)26;1-13-7-4-6(10(11)12)5-8(14-2)9(7)15-3/h15-16H,1-14H2;4-5H,1-3H3,(H,11,12). The number of ether oxygens (including phenoxy) is 5. The van der Waals surface area contributed by atoms with E-state index < -0.39 is 5.97 Å². The first-order valence-electron chi connectivity index (χ1n) is 14.5. The highest BCUT2D eigenvalue weighted by Crippen LogP contribution is 2.38. The molecule has 12 heteroatoms. The van der Waals surface area contributed by atoms with Crippen LogP contribution in [-0.4, -0.2) is 101 Å². The van der Waals surface area contributed by atoms with Crippen LogP contribution in [0.5, 0.6) is 23.0 Å². The molecule has 238 valence electrons. The molecule has 2 unspecified atom stereocenters. The molecule has 2 aliphatic heterocycles. The van der Waals surface area contributed by atoms with Crippen molar-refractivity contribution in [3.8, 4) is 23.0 Å². The third-order valence-corrected chi connectivity index (χ3v) is 8.09. The van der Waals surface area contributed by atoms with Crippen LogP contribution in [0.1, 0.15) is 59.2 Å². The molecule has 1 N–H and O–H groups in total. The van der Waals surface area contributed by atoms with Gasteiger partial charge >= 0.3 is 11.9 Å². The van der Waals surface area contributed by atoms with Gasteiger partial charge < -0.3 is 38.6 Å². The van der Waals surface area contributed by atoms with Gasteiger partial charge in [-0.05, 0) is 69.6 Å². The Labute approximate surface area is 263 Å². The average molecular weight is 642 g/mol. The molecule has 0 aliphatic carbocycles. The molecule has 4 rings (SSSR count). The largest absolute Gasteiger partial charge is 0.493 e. The van der Waals surface area contributed by atoms with Crippen LogP contribution in [0, 0.1) is 0 Å². The number of fused-ring (bicyclic) bond motifs is 5. The van der Waals surface area contributed by atoms with Crippen molar-refractivity contribution in [2.75, 3.05) is 73.8 Å². The molecule has 2 aromatic rings. The maximum absolute atomic E-state index is 12.4. The molecule has 0 spiro atoms. The monoisotopic (exact) mass is 640 g/mol. The summed E-state index contributed by atoms with van der Waals surface area (Å²) in [6.45, 7) is 7.62. The molecule has 1 fully saturated rings. The summed E-state index contributed by atoms with van der Waals surface area (Å²) >= 11 is 12.4. The number of carbonyl (C=O) groups excluding carboxylic acids is 1. The molecule has 2 aromatic carbocycles. The topological polar surface area (TPSA) is 107 Å². The lowest BCUT2D eigenvalue weighted by atomic mass is 10.2. The number of nitrogens with zero attached hydrogens (tertiary/aromatic N) is 2. The van der Waals surface area contributed by atoms with Crippen LogP contribution in [0.25, 0.3) is 0 Å². The average Bonchev–Trinajstić information content (AvgIpc) is 3.24. The van der Waals surface area contributed by atoms with Gasteiger partial charge in [-0.1, -0.05) is 36.0 Å². The van der Waals surface area contributed by atoms with Gasteiger partial charge in [-0.3, -0.25) is 0 Å². The smallest absolute Gasteiger partial charge is 0.338 e. The van der Waals surface area contributed by atoms with E-state index in [4.69, 9.17) is 52.0 Å². The fourth-order valence-electron chi connectivity index (χ4n) is 4.97. The molecular formula is C31H42Cl2N2O8. The fourth-order valence-corrected chi connectivity index (χ4v) is 5.35. The second kappa shape index (κ2) is 18.0. The third-order valence-electron chi connectivity index (χ3n) is 7.30. The minimum absolute atomic E-state index is 0.0875. The van der Waals surface area contributed by atoms with Crippen molar-refractivity contribution in [1.82, 2.24) is 9.80 Å². The molecule has 10 nitrogen and oxygen atoms in total. The van der Waals surface area contributed by atoms with E-state index in [-0.39, 0.29) is 11.5 Å². The van der Waals surface area contributed by atoms with E-state index in [0.29, 0.717) is 51.8 Å². The molecule has 2 aliphatic rings. The van der Waals surface area contributed by atoms with Crippen LogP contribution in [0.2, 0.25) is 10.0 Å². The van der Waals surface area contributed by atoms with Crippen molar-refractivity contribution in [3.05, 3.63) is 45.4 Å². The second-order valence-electron chi connectivity index (χ2n) is 10.3. The zero-order chi connectivity index (χ0) is 31.2. The van der Waals surface area contributed by atoms with Gasteiger partial charge in [-0.15, -0.1) is 0 Å². The van der Waals surface area contributed by atoms with Gasteiger partial charge in [0, 0.05) is 19.6 Å². The Morgan fingerprint density at radius 1 is 0.744 bits per heavy atom. The number of carboxylic acid groups (broad SMARTS) is 1. The van der Waals surface area contributed by atoms with Crippen molar-refractivity contribution in [2.24, 2.45) is 0 Å². The highest BCUT2D eigenvalue weighted by Gasteiger charge is 2.18. The summed E-state index contributed by atoms with van der Waals surface area (Å²) in [4.78, 5) is 28.2. The number of aromatic carboxylic acids is 1. The summed E-state index contributed by atoms with van der Waals surface area (Å²) < 4.78 is 26.3. The summed E-state index contributed by atoms with van der Waals surface area (Å²) in [5.41, 5.74) is 0.470. The van der Waals surface area contributed by atoms with E-state index >= 15 is 0 Å². The van der Waals surface area contributed by atoms with Crippen molar-refractivity contribution in [1.29, 1.82) is 0 Å². The van der Waals surface area contributed by atoms with Gasteiger partial charge in [0.2, 0.25) is 5.75 Å². The van der Waals surface area contributed by atoms with Gasteiger partial charge in [-0.25, -0.2) is 9.59 Å². The van der Waals surface area contributed by atoms with E-state index in [1.807, 2.05) is 0 Å². The Balaban J connectivity index is 0.000000285. The van der Waals surface area contributed by atoms with E-state index in [1.54, 1.807) is 12.1 Å². The van der Waals surface area contributed by atoms with E-state index in [9.17, 15) is 9.59 Å². The number of carboxylic acids is 1. The first-order valence-corrected chi connectivity index (χ1v) is 15.3. The number of hydrogen-bond donors (Lipinski definition) is 1. The molecule has 0 radical (unpaired) electrons. The zero-order valence-corrected chi connectivity index (χ0v) is 26.7. The van der Waals surface area contributed by atoms with Gasteiger partial charge in [0.05, 0.1) is 50.7 Å². The Morgan fingerprint density at radius 3 is 1.93 bits per heavy atom. The number of benzene rings is 2. The van der Waals surface area contributed by atoms with Gasteiger partial charge in [-0.2, -0.15) is 0 Å². The molecule has 4 bridgehead atoms. The highest BCUT2D eigenvalue weighted by atomic mass is 35.5. The molecule has 1 saturated heterocycles. The van der Waals surface area contributed by atoms with Crippen LogP contribution in [-0.2, 0) is 4.74 Å². The molecular weight excluding hydrogens is 599 g/mol. The number of carbonyl (C=O) groups is 2. The zero-order valence-electron chi connectivity index (χ0n) is 25.2. The highest BCUT2D eigenvalue weighted by molar-refractivity contribution is 6.43.